The molecule has 0 spiro atoms. The highest BCUT2D eigenvalue weighted by Gasteiger charge is 2.44. The minimum Gasteiger partial charge on any atom is -0.547 e. The van der Waals surface area contributed by atoms with Crippen LogP contribution in [-0.4, -0.2) is 114 Å². The zero-order valence-corrected chi connectivity index (χ0v) is 12.8. The highest BCUT2D eigenvalue weighted by Crippen LogP contribution is 2.20. The number of carbonyl (C=O) groups is 2. The molecule has 14 heteroatoms. The lowest BCUT2D eigenvalue weighted by Crippen LogP contribution is -2.62. The van der Waals surface area contributed by atoms with E-state index < -0.39 is 73.4 Å². The van der Waals surface area contributed by atoms with E-state index in [1.807, 2.05) is 0 Å². The standard InChI is InChI=1S/2C6H10O7/c2*7-1-2(8)4(5(10)11)13-6(12)3(1)9/h2*1-4,6-9,12H,(H,10,11)/p-2/t2*1-,2+,3?,4?,6-/m11/s1. The maximum Gasteiger partial charge on any atom is 0.184 e. The van der Waals surface area contributed by atoms with Gasteiger partial charge in [-0.05, 0) is 0 Å². The number of carbonyl (C=O) groups excluding carboxylic acids is 2. The van der Waals surface area contributed by atoms with Gasteiger partial charge in [0.2, 0.25) is 0 Å². The number of hydrogen-bond donors (Lipinski definition) is 8. The van der Waals surface area contributed by atoms with E-state index >= 15 is 0 Å². The molecule has 2 saturated heterocycles. The third-order valence-corrected chi connectivity index (χ3v) is 3.64. The van der Waals surface area contributed by atoms with E-state index in [1.165, 1.54) is 0 Å². The van der Waals surface area contributed by atoms with Gasteiger partial charge in [-0.2, -0.15) is 0 Å². The van der Waals surface area contributed by atoms with Crippen LogP contribution in [0.2, 0.25) is 0 Å². The van der Waals surface area contributed by atoms with Crippen LogP contribution in [0.1, 0.15) is 0 Å². The highest BCUT2D eigenvalue weighted by atomic mass is 16.7. The molecular weight excluding hydrogens is 368 g/mol. The number of aliphatic hydroxyl groups excluding tert-OH is 8. The van der Waals surface area contributed by atoms with E-state index in [-0.39, 0.29) is 0 Å². The summed E-state index contributed by atoms with van der Waals surface area (Å²) >= 11 is 0. The fraction of sp³-hybridized carbons (Fsp3) is 0.833. The number of aliphatic hydroxyl groups is 8. The van der Waals surface area contributed by atoms with Gasteiger partial charge in [-0.15, -0.1) is 0 Å². The van der Waals surface area contributed by atoms with Gasteiger partial charge in [0.05, 0.1) is 11.9 Å². The summed E-state index contributed by atoms with van der Waals surface area (Å²) in [7, 11) is 0. The molecule has 8 N–H and O–H groups in total. The van der Waals surface area contributed by atoms with Crippen LogP contribution in [0.25, 0.3) is 0 Å². The predicted molar refractivity (Wildman–Crippen MR) is 67.8 cm³/mol. The third kappa shape index (κ3) is 4.83. The Hall–Kier alpha value is -1.46. The van der Waals surface area contributed by atoms with Gasteiger partial charge in [0.15, 0.2) is 12.6 Å². The molecule has 2 aliphatic rings. The number of carboxylic acids is 2. The van der Waals surface area contributed by atoms with Gasteiger partial charge < -0.3 is 70.1 Å². The van der Waals surface area contributed by atoms with Gasteiger partial charge in [0.1, 0.15) is 48.8 Å². The average molecular weight is 386 g/mol. The molecule has 2 fully saturated rings. The zero-order chi connectivity index (χ0) is 20.3. The summed E-state index contributed by atoms with van der Waals surface area (Å²) in [5.41, 5.74) is 0. The van der Waals surface area contributed by atoms with E-state index in [4.69, 9.17) is 40.9 Å². The Morgan fingerprint density at radius 3 is 1.04 bits per heavy atom. The molecule has 0 bridgehead atoms. The lowest BCUT2D eigenvalue weighted by Gasteiger charge is -2.38. The van der Waals surface area contributed by atoms with Gasteiger partial charge in [-0.1, -0.05) is 0 Å². The summed E-state index contributed by atoms with van der Waals surface area (Å²) in [5.74, 6) is -3.53. The largest absolute Gasteiger partial charge is 0.547 e. The van der Waals surface area contributed by atoms with Crippen molar-refractivity contribution in [2.24, 2.45) is 0 Å². The Morgan fingerprint density at radius 2 is 0.808 bits per heavy atom. The first kappa shape index (κ1) is 22.6. The second-order valence-corrected chi connectivity index (χ2v) is 5.48. The van der Waals surface area contributed by atoms with Crippen molar-refractivity contribution in [2.45, 2.75) is 61.4 Å². The maximum absolute atomic E-state index is 10.3. The molecule has 152 valence electrons. The third-order valence-electron chi connectivity index (χ3n) is 3.64. The summed E-state index contributed by atoms with van der Waals surface area (Å²) in [6, 6.07) is 0. The van der Waals surface area contributed by atoms with Gasteiger partial charge in [0, 0.05) is 0 Å². The van der Waals surface area contributed by atoms with Gasteiger partial charge >= 0.3 is 0 Å². The summed E-state index contributed by atoms with van der Waals surface area (Å²) in [6.07, 6.45) is -18.0. The van der Waals surface area contributed by atoms with E-state index in [9.17, 15) is 19.8 Å². The van der Waals surface area contributed by atoms with Crippen LogP contribution in [0.5, 0.6) is 0 Å². The molecule has 0 radical (unpaired) electrons. The minimum absolute atomic E-state index is 1.73. The molecule has 0 aliphatic carbocycles. The maximum atomic E-state index is 10.3. The van der Waals surface area contributed by atoms with Gasteiger partial charge in [-0.3, -0.25) is 0 Å². The molecular formula is C12H18O14-2. The number of aliphatic carboxylic acids is 2. The van der Waals surface area contributed by atoms with Crippen LogP contribution >= 0.6 is 0 Å². The monoisotopic (exact) mass is 386 g/mol. The van der Waals surface area contributed by atoms with Crippen molar-refractivity contribution < 1.29 is 70.1 Å². The Bertz CT molecular complexity index is 454. The fourth-order valence-electron chi connectivity index (χ4n) is 2.11. The second kappa shape index (κ2) is 8.96. The van der Waals surface area contributed by atoms with Crippen molar-refractivity contribution >= 4 is 11.9 Å². The first-order valence-corrected chi connectivity index (χ1v) is 7.07. The lowest BCUT2D eigenvalue weighted by atomic mass is 9.99. The normalized spacial score (nSPS) is 46.0. The molecule has 0 aromatic carbocycles. The fourth-order valence-corrected chi connectivity index (χ4v) is 2.11. The second-order valence-electron chi connectivity index (χ2n) is 5.48. The summed E-state index contributed by atoms with van der Waals surface area (Å²) < 4.78 is 8.55. The number of rotatable bonds is 2. The Balaban J connectivity index is 0.000000260. The molecule has 2 aliphatic heterocycles. The van der Waals surface area contributed by atoms with Crippen molar-refractivity contribution in [3.8, 4) is 0 Å². The molecule has 26 heavy (non-hydrogen) atoms. The van der Waals surface area contributed by atoms with E-state index in [0.29, 0.717) is 0 Å². The first-order valence-electron chi connectivity index (χ1n) is 7.07. The van der Waals surface area contributed by atoms with Crippen molar-refractivity contribution in [3.63, 3.8) is 0 Å². The van der Waals surface area contributed by atoms with Crippen LogP contribution in [-0.2, 0) is 19.1 Å². The van der Waals surface area contributed by atoms with Crippen LogP contribution in [0.15, 0.2) is 0 Å². The van der Waals surface area contributed by atoms with E-state index in [2.05, 4.69) is 9.47 Å². The Labute approximate surface area is 144 Å². The summed E-state index contributed by atoms with van der Waals surface area (Å²) in [4.78, 5) is 20.5. The van der Waals surface area contributed by atoms with Crippen LogP contribution in [0.3, 0.4) is 0 Å². The molecule has 2 heterocycles. The van der Waals surface area contributed by atoms with Crippen molar-refractivity contribution in [3.05, 3.63) is 0 Å². The predicted octanol–water partition coefficient (Wildman–Crippen LogP) is -8.93. The van der Waals surface area contributed by atoms with Gasteiger partial charge in [0.25, 0.3) is 0 Å². The molecule has 2 rings (SSSR count). The number of carboxylic acid groups (broad SMARTS) is 2. The molecule has 0 aromatic rings. The average Bonchev–Trinajstić information content (AvgIpc) is 2.57. The lowest BCUT2D eigenvalue weighted by molar-refractivity contribution is -0.346. The van der Waals surface area contributed by atoms with Crippen molar-refractivity contribution in [1.82, 2.24) is 0 Å². The minimum atomic E-state index is -1.85. The quantitative estimate of drug-likeness (QED) is 0.219. The Kier molecular flexibility index (Phi) is 7.78. The van der Waals surface area contributed by atoms with Crippen molar-refractivity contribution in [1.29, 1.82) is 0 Å². The molecule has 4 unspecified atom stereocenters. The van der Waals surface area contributed by atoms with Crippen molar-refractivity contribution in [2.75, 3.05) is 0 Å². The van der Waals surface area contributed by atoms with Gasteiger partial charge in [-0.25, -0.2) is 0 Å². The van der Waals surface area contributed by atoms with Crippen LogP contribution < -0.4 is 10.2 Å². The smallest absolute Gasteiger partial charge is 0.184 e. The Morgan fingerprint density at radius 1 is 0.538 bits per heavy atom. The summed E-state index contributed by atoms with van der Waals surface area (Å²) in [5, 5.41) is 92.1. The van der Waals surface area contributed by atoms with E-state index in [1.54, 1.807) is 0 Å². The first-order chi connectivity index (χ1) is 11.9. The highest BCUT2D eigenvalue weighted by molar-refractivity contribution is 5.71. The van der Waals surface area contributed by atoms with E-state index in [0.717, 1.165) is 0 Å². The number of hydrogen-bond acceptors (Lipinski definition) is 14. The molecule has 0 amide bonds. The molecule has 14 nitrogen and oxygen atoms in total. The molecule has 0 saturated carbocycles. The topological polar surface area (TPSA) is 261 Å². The zero-order valence-electron chi connectivity index (χ0n) is 12.8. The van der Waals surface area contributed by atoms with Crippen LogP contribution in [0.4, 0.5) is 0 Å². The SMILES string of the molecule is O=C([O-])C1O[C@@H](O)C(O)[C@H](O)[C@@H]1O.O=C([O-])C1O[C@@H](O)C(O)[C@H](O)[C@@H]1O. The summed E-state index contributed by atoms with van der Waals surface area (Å²) in [6.45, 7) is 0. The molecule has 0 aromatic heterocycles. The van der Waals surface area contributed by atoms with Crippen LogP contribution in [0, 0.1) is 0 Å². The molecule has 10 atom stereocenters. The number of ether oxygens (including phenoxy) is 2.